The molecule has 0 aliphatic carbocycles. The Morgan fingerprint density at radius 1 is 1.14 bits per heavy atom. The molecule has 2 aromatic carbocycles. The summed E-state index contributed by atoms with van der Waals surface area (Å²) in [6.07, 6.45) is 3.59. The van der Waals surface area contributed by atoms with Crippen molar-refractivity contribution in [3.05, 3.63) is 75.2 Å². The number of H-pyrrole nitrogens is 1. The Morgan fingerprint density at radius 2 is 1.86 bits per heavy atom. The molecule has 2 heterocycles. The van der Waals surface area contributed by atoms with E-state index in [1.165, 1.54) is 0 Å². The van der Waals surface area contributed by atoms with Gasteiger partial charge in [-0.25, -0.2) is 9.78 Å². The van der Waals surface area contributed by atoms with Crippen LogP contribution in [0.5, 0.6) is 0 Å². The summed E-state index contributed by atoms with van der Waals surface area (Å²) in [6, 6.07) is 12.6. The number of carbonyl (C=O) groups is 1. The number of imidazole rings is 1. The van der Waals surface area contributed by atoms with E-state index < -0.39 is 0 Å². The molecule has 0 amide bonds. The van der Waals surface area contributed by atoms with Gasteiger partial charge in [0.25, 0.3) is 0 Å². The molecule has 4 rings (SSSR count). The van der Waals surface area contributed by atoms with E-state index in [1.54, 1.807) is 37.4 Å². The highest BCUT2D eigenvalue weighted by Gasteiger charge is 2.13. The first-order valence-corrected chi connectivity index (χ1v) is 9.97. The Kier molecular flexibility index (Phi) is 5.41. The number of rotatable bonds is 4. The number of hydrogen-bond donors (Lipinski definition) is 1. The Hall–Kier alpha value is -2.67. The van der Waals surface area contributed by atoms with Crippen LogP contribution in [-0.4, -0.2) is 26.9 Å². The lowest BCUT2D eigenvalue weighted by atomic mass is 10.1. The van der Waals surface area contributed by atoms with Crippen LogP contribution in [0.4, 0.5) is 0 Å². The van der Waals surface area contributed by atoms with E-state index in [9.17, 15) is 4.79 Å². The van der Waals surface area contributed by atoms with Gasteiger partial charge in [-0.05, 0) is 49.0 Å². The fraction of sp³-hybridized carbons (Fsp3) is 0.0952. The van der Waals surface area contributed by atoms with E-state index in [2.05, 4.69) is 9.97 Å². The molecule has 2 aromatic heterocycles. The number of esters is 1. The average Bonchev–Trinajstić information content (AvgIpc) is 3.17. The van der Waals surface area contributed by atoms with Crippen molar-refractivity contribution in [2.24, 2.45) is 0 Å². The number of nitrogens with zero attached hydrogens (tertiary/aromatic N) is 2. The van der Waals surface area contributed by atoms with Crippen LogP contribution in [0, 0.1) is 4.77 Å². The number of halogens is 2. The van der Waals surface area contributed by atoms with Gasteiger partial charge in [-0.1, -0.05) is 41.4 Å². The molecule has 146 valence electrons. The maximum Gasteiger partial charge on any atom is 0.338 e. The highest BCUT2D eigenvalue weighted by molar-refractivity contribution is 7.71. The molecule has 0 spiro atoms. The van der Waals surface area contributed by atoms with Crippen LogP contribution in [0.25, 0.3) is 28.0 Å². The van der Waals surface area contributed by atoms with Crippen molar-refractivity contribution in [1.82, 2.24) is 14.4 Å². The van der Waals surface area contributed by atoms with Crippen molar-refractivity contribution in [3.63, 3.8) is 0 Å². The fourth-order valence-corrected chi connectivity index (χ4v) is 3.52. The van der Waals surface area contributed by atoms with Crippen molar-refractivity contribution in [2.75, 3.05) is 6.61 Å². The Morgan fingerprint density at radius 3 is 2.55 bits per heavy atom. The van der Waals surface area contributed by atoms with E-state index in [-0.39, 0.29) is 5.97 Å². The fourth-order valence-electron chi connectivity index (χ4n) is 3.03. The minimum Gasteiger partial charge on any atom is -0.462 e. The van der Waals surface area contributed by atoms with Crippen LogP contribution in [0.1, 0.15) is 17.3 Å². The molecular weight excluding hydrogens is 429 g/mol. The maximum absolute atomic E-state index is 11.9. The van der Waals surface area contributed by atoms with Gasteiger partial charge >= 0.3 is 5.97 Å². The van der Waals surface area contributed by atoms with Crippen LogP contribution < -0.4 is 0 Å². The van der Waals surface area contributed by atoms with E-state index >= 15 is 0 Å². The summed E-state index contributed by atoms with van der Waals surface area (Å²) in [6.45, 7) is 2.11. The van der Waals surface area contributed by atoms with Crippen LogP contribution in [0.2, 0.25) is 10.0 Å². The van der Waals surface area contributed by atoms with Gasteiger partial charge in [0, 0.05) is 23.5 Å². The third-order valence-electron chi connectivity index (χ3n) is 4.46. The van der Waals surface area contributed by atoms with Gasteiger partial charge in [0.15, 0.2) is 0 Å². The second kappa shape index (κ2) is 7.99. The molecule has 0 aliphatic heterocycles. The minimum absolute atomic E-state index is 0.335. The number of ether oxygens (including phenoxy) is 1. The molecule has 0 aliphatic rings. The number of fused-ring (bicyclic) bond motifs is 1. The first kappa shape index (κ1) is 19.6. The van der Waals surface area contributed by atoms with Crippen molar-refractivity contribution in [1.29, 1.82) is 0 Å². The van der Waals surface area contributed by atoms with Crippen LogP contribution in [-0.2, 0) is 4.74 Å². The lowest BCUT2D eigenvalue weighted by molar-refractivity contribution is 0.0526. The number of nitrogens with one attached hydrogen (secondary N) is 1. The zero-order valence-corrected chi connectivity index (χ0v) is 17.6. The van der Waals surface area contributed by atoms with Gasteiger partial charge in [0.05, 0.1) is 27.9 Å². The quantitative estimate of drug-likeness (QED) is 0.300. The smallest absolute Gasteiger partial charge is 0.338 e. The SMILES string of the molecule is CCOC(=O)c1ccc(-c2cnc(=S)n3cc(-c4ccc(Cl)c(Cl)c4)[nH]c23)cc1. The van der Waals surface area contributed by atoms with E-state index in [0.29, 0.717) is 27.0 Å². The topological polar surface area (TPSA) is 59.4 Å². The monoisotopic (exact) mass is 443 g/mol. The summed E-state index contributed by atoms with van der Waals surface area (Å²) in [4.78, 5) is 19.6. The summed E-state index contributed by atoms with van der Waals surface area (Å²) in [5, 5.41) is 0.964. The van der Waals surface area contributed by atoms with Gasteiger partial charge in [-0.3, -0.25) is 4.40 Å². The molecular formula is C21H15Cl2N3O2S. The lowest BCUT2D eigenvalue weighted by Crippen LogP contribution is -2.04. The normalized spacial score (nSPS) is 11.0. The predicted molar refractivity (Wildman–Crippen MR) is 117 cm³/mol. The predicted octanol–water partition coefficient (Wildman–Crippen LogP) is 6.21. The van der Waals surface area contributed by atoms with Gasteiger partial charge in [-0.2, -0.15) is 0 Å². The maximum atomic E-state index is 11.9. The molecule has 0 atom stereocenters. The van der Waals surface area contributed by atoms with Crippen LogP contribution in [0.15, 0.2) is 54.9 Å². The number of aromatic nitrogens is 3. The van der Waals surface area contributed by atoms with Gasteiger partial charge in [0.1, 0.15) is 5.65 Å². The molecule has 0 fully saturated rings. The second-order valence-corrected chi connectivity index (χ2v) is 7.45. The highest BCUT2D eigenvalue weighted by Crippen LogP contribution is 2.30. The van der Waals surface area contributed by atoms with Crippen molar-refractivity contribution < 1.29 is 9.53 Å². The van der Waals surface area contributed by atoms with E-state index in [0.717, 1.165) is 28.0 Å². The standard InChI is InChI=1S/C21H15Cl2N3O2S/c1-2-28-20(27)13-5-3-12(4-6-13)15-10-24-21(29)26-11-18(25-19(15)26)14-7-8-16(22)17(23)9-14/h3-11,25H,2H2,1H3. The zero-order chi connectivity index (χ0) is 20.5. The lowest BCUT2D eigenvalue weighted by Gasteiger charge is -2.06. The second-order valence-electron chi connectivity index (χ2n) is 6.27. The first-order chi connectivity index (χ1) is 14.0. The number of hydrogen-bond acceptors (Lipinski definition) is 4. The summed E-state index contributed by atoms with van der Waals surface area (Å²) in [7, 11) is 0. The Balaban J connectivity index is 1.80. The largest absolute Gasteiger partial charge is 0.462 e. The molecule has 5 nitrogen and oxygen atoms in total. The van der Waals surface area contributed by atoms with Crippen LogP contribution in [0.3, 0.4) is 0 Å². The first-order valence-electron chi connectivity index (χ1n) is 8.81. The molecule has 8 heteroatoms. The molecule has 0 bridgehead atoms. The molecule has 4 aromatic rings. The zero-order valence-electron chi connectivity index (χ0n) is 15.3. The van der Waals surface area contributed by atoms with E-state index in [1.807, 2.05) is 28.8 Å². The Bertz CT molecular complexity index is 1280. The average molecular weight is 444 g/mol. The highest BCUT2D eigenvalue weighted by atomic mass is 35.5. The minimum atomic E-state index is -0.348. The molecule has 0 saturated heterocycles. The van der Waals surface area contributed by atoms with Crippen molar-refractivity contribution in [3.8, 4) is 22.4 Å². The third kappa shape index (κ3) is 3.79. The molecule has 0 saturated carbocycles. The number of benzene rings is 2. The summed E-state index contributed by atoms with van der Waals surface area (Å²) in [5.41, 5.74) is 4.72. The molecule has 0 unspecified atom stereocenters. The van der Waals surface area contributed by atoms with Crippen molar-refractivity contribution >= 4 is 47.0 Å². The Labute approximate surface area is 181 Å². The molecule has 1 N–H and O–H groups in total. The van der Waals surface area contributed by atoms with E-state index in [4.69, 9.17) is 40.2 Å². The number of aromatic amines is 1. The number of carbonyl (C=O) groups excluding carboxylic acids is 1. The summed E-state index contributed by atoms with van der Waals surface area (Å²) < 4.78 is 7.27. The van der Waals surface area contributed by atoms with Crippen molar-refractivity contribution in [2.45, 2.75) is 6.92 Å². The van der Waals surface area contributed by atoms with Crippen LogP contribution >= 0.6 is 35.4 Å². The third-order valence-corrected chi connectivity index (χ3v) is 5.50. The summed E-state index contributed by atoms with van der Waals surface area (Å²) >= 11 is 17.6. The molecule has 0 radical (unpaired) electrons. The van der Waals surface area contributed by atoms with Gasteiger partial charge < -0.3 is 9.72 Å². The van der Waals surface area contributed by atoms with Gasteiger partial charge in [0.2, 0.25) is 4.77 Å². The molecule has 29 heavy (non-hydrogen) atoms. The summed E-state index contributed by atoms with van der Waals surface area (Å²) in [5.74, 6) is -0.348. The van der Waals surface area contributed by atoms with Gasteiger partial charge in [-0.15, -0.1) is 0 Å².